The van der Waals surface area contributed by atoms with E-state index in [2.05, 4.69) is 25.5 Å². The van der Waals surface area contributed by atoms with Crippen molar-refractivity contribution in [2.45, 2.75) is 55.6 Å². The molecule has 0 radical (unpaired) electrons. The van der Waals surface area contributed by atoms with E-state index in [9.17, 15) is 17.9 Å². The van der Waals surface area contributed by atoms with Crippen LogP contribution < -0.4 is 10.6 Å². The van der Waals surface area contributed by atoms with Crippen LogP contribution in [0.1, 0.15) is 38.5 Å². The molecule has 2 heterocycles. The van der Waals surface area contributed by atoms with E-state index in [-0.39, 0.29) is 22.9 Å². The van der Waals surface area contributed by atoms with Gasteiger partial charge in [0.1, 0.15) is 11.6 Å². The number of hydrogen-bond acceptors (Lipinski definition) is 8. The number of benzene rings is 2. The van der Waals surface area contributed by atoms with Crippen LogP contribution in [-0.4, -0.2) is 71.0 Å². The molecule has 5 rings (SSSR count). The minimum absolute atomic E-state index is 0.108. The maximum absolute atomic E-state index is 13.8. The first-order chi connectivity index (χ1) is 18.9. The predicted molar refractivity (Wildman–Crippen MR) is 149 cm³/mol. The zero-order valence-electron chi connectivity index (χ0n) is 21.8. The SMILES string of the molecule is O=S(=O)(c1ccc(Nc2nccc(Nc3ccc(F)cc3)n2)cc1)N(CCN1CCCC1)[C@H]1CC[C@H](O)CC1. The third-order valence-electron chi connectivity index (χ3n) is 7.40. The predicted octanol–water partition coefficient (Wildman–Crippen LogP) is 4.49. The zero-order chi connectivity index (χ0) is 27.2. The third-order valence-corrected chi connectivity index (χ3v) is 9.36. The second-order valence-corrected chi connectivity index (χ2v) is 12.1. The Labute approximate surface area is 229 Å². The van der Waals surface area contributed by atoms with Gasteiger partial charge in [-0.2, -0.15) is 9.29 Å². The molecular weight excluding hydrogens is 519 g/mol. The third kappa shape index (κ3) is 7.10. The average Bonchev–Trinajstić information content (AvgIpc) is 3.45. The number of nitrogens with one attached hydrogen (secondary N) is 2. The van der Waals surface area contributed by atoms with Gasteiger partial charge in [-0.3, -0.25) is 0 Å². The molecule has 0 bridgehead atoms. The topological polar surface area (TPSA) is 111 Å². The first-order valence-electron chi connectivity index (χ1n) is 13.5. The summed E-state index contributed by atoms with van der Waals surface area (Å²) >= 11 is 0. The molecule has 2 fully saturated rings. The quantitative estimate of drug-likeness (QED) is 0.336. The van der Waals surface area contributed by atoms with Crippen LogP contribution in [0.4, 0.5) is 27.5 Å². The Morgan fingerprint density at radius 3 is 2.26 bits per heavy atom. The minimum Gasteiger partial charge on any atom is -0.393 e. The molecule has 1 saturated heterocycles. The lowest BCUT2D eigenvalue weighted by molar-refractivity contribution is 0.0974. The van der Waals surface area contributed by atoms with Gasteiger partial charge in [-0.15, -0.1) is 0 Å². The van der Waals surface area contributed by atoms with Crippen LogP contribution in [0.5, 0.6) is 0 Å². The molecule has 1 saturated carbocycles. The number of halogens is 1. The first kappa shape index (κ1) is 27.4. The number of aliphatic hydroxyl groups excluding tert-OH is 1. The van der Waals surface area contributed by atoms with Crippen LogP contribution in [0, 0.1) is 5.82 Å². The fraction of sp³-hybridized carbons (Fsp3) is 0.429. The van der Waals surface area contributed by atoms with Crippen molar-refractivity contribution in [1.82, 2.24) is 19.2 Å². The first-order valence-corrected chi connectivity index (χ1v) is 15.0. The van der Waals surface area contributed by atoms with Crippen LogP contribution in [-0.2, 0) is 10.0 Å². The summed E-state index contributed by atoms with van der Waals surface area (Å²) in [5.74, 6) is 0.554. The number of anilines is 4. The number of likely N-dealkylation sites (tertiary alicyclic amines) is 1. The Balaban J connectivity index is 1.28. The number of hydrogen-bond donors (Lipinski definition) is 3. The van der Waals surface area contributed by atoms with Crippen LogP contribution in [0.25, 0.3) is 0 Å². The molecule has 1 aliphatic heterocycles. The van der Waals surface area contributed by atoms with Crippen molar-refractivity contribution < 1.29 is 17.9 Å². The van der Waals surface area contributed by atoms with Crippen molar-refractivity contribution in [3.8, 4) is 0 Å². The molecule has 2 aromatic carbocycles. The summed E-state index contributed by atoms with van der Waals surface area (Å²) in [6.07, 6.45) is 6.15. The number of aliphatic hydroxyl groups is 1. The highest BCUT2D eigenvalue weighted by Crippen LogP contribution is 2.29. The lowest BCUT2D eigenvalue weighted by Gasteiger charge is -2.35. The smallest absolute Gasteiger partial charge is 0.243 e. The van der Waals surface area contributed by atoms with E-state index in [0.717, 1.165) is 32.5 Å². The van der Waals surface area contributed by atoms with E-state index in [1.807, 2.05) is 0 Å². The summed E-state index contributed by atoms with van der Waals surface area (Å²) in [7, 11) is -3.71. The van der Waals surface area contributed by atoms with Crippen LogP contribution in [0.15, 0.2) is 65.7 Å². The normalized spacial score (nSPS) is 20.3. The highest BCUT2D eigenvalue weighted by atomic mass is 32.2. The van der Waals surface area contributed by atoms with Gasteiger partial charge in [0.15, 0.2) is 0 Å². The van der Waals surface area contributed by atoms with Crippen LogP contribution in [0.3, 0.4) is 0 Å². The maximum atomic E-state index is 13.8. The molecule has 0 spiro atoms. The van der Waals surface area contributed by atoms with Gasteiger partial charge in [0.05, 0.1) is 11.0 Å². The fourth-order valence-corrected chi connectivity index (χ4v) is 6.91. The molecule has 3 N–H and O–H groups in total. The van der Waals surface area contributed by atoms with Crippen LogP contribution in [0.2, 0.25) is 0 Å². The van der Waals surface area contributed by atoms with Gasteiger partial charge in [0, 0.05) is 36.7 Å². The number of aromatic nitrogens is 2. The van der Waals surface area contributed by atoms with E-state index in [1.165, 1.54) is 12.1 Å². The summed E-state index contributed by atoms with van der Waals surface area (Å²) in [6.45, 7) is 3.20. The van der Waals surface area contributed by atoms with E-state index in [1.54, 1.807) is 53.0 Å². The van der Waals surface area contributed by atoms with Gasteiger partial charge in [-0.05, 0) is 106 Å². The summed E-state index contributed by atoms with van der Waals surface area (Å²) in [5.41, 5.74) is 1.34. The van der Waals surface area contributed by atoms with Gasteiger partial charge < -0.3 is 20.6 Å². The average molecular weight is 555 g/mol. The Bertz CT molecular complexity index is 1330. The highest BCUT2D eigenvalue weighted by Gasteiger charge is 2.34. The Kier molecular flexibility index (Phi) is 8.71. The van der Waals surface area contributed by atoms with Gasteiger partial charge >= 0.3 is 0 Å². The van der Waals surface area contributed by atoms with Crippen molar-refractivity contribution >= 4 is 33.2 Å². The number of rotatable bonds is 10. The van der Waals surface area contributed by atoms with Crippen molar-refractivity contribution in [2.75, 3.05) is 36.8 Å². The van der Waals surface area contributed by atoms with E-state index in [4.69, 9.17) is 0 Å². The van der Waals surface area contributed by atoms with Crippen molar-refractivity contribution in [1.29, 1.82) is 0 Å². The summed E-state index contributed by atoms with van der Waals surface area (Å²) < 4.78 is 42.4. The molecule has 11 heteroatoms. The molecule has 208 valence electrons. The van der Waals surface area contributed by atoms with Gasteiger partial charge in [-0.25, -0.2) is 17.8 Å². The number of sulfonamides is 1. The second kappa shape index (κ2) is 12.4. The summed E-state index contributed by atoms with van der Waals surface area (Å²) in [4.78, 5) is 11.3. The molecule has 3 aromatic rings. The lowest BCUT2D eigenvalue weighted by Crippen LogP contribution is -2.46. The van der Waals surface area contributed by atoms with Gasteiger partial charge in [-0.1, -0.05) is 0 Å². The van der Waals surface area contributed by atoms with E-state index in [0.29, 0.717) is 55.4 Å². The monoisotopic (exact) mass is 554 g/mol. The summed E-state index contributed by atoms with van der Waals surface area (Å²) in [5, 5.41) is 16.2. The second-order valence-electron chi connectivity index (χ2n) is 10.2. The highest BCUT2D eigenvalue weighted by molar-refractivity contribution is 7.89. The molecule has 1 aromatic heterocycles. The number of nitrogens with zero attached hydrogens (tertiary/aromatic N) is 4. The molecule has 0 unspecified atom stereocenters. The zero-order valence-corrected chi connectivity index (χ0v) is 22.7. The minimum atomic E-state index is -3.71. The lowest BCUT2D eigenvalue weighted by atomic mass is 9.93. The molecule has 0 amide bonds. The van der Waals surface area contributed by atoms with E-state index >= 15 is 0 Å². The largest absolute Gasteiger partial charge is 0.393 e. The van der Waals surface area contributed by atoms with Crippen LogP contribution >= 0.6 is 0 Å². The molecular formula is C28H35FN6O3S. The summed E-state index contributed by atoms with van der Waals surface area (Å²) in [6, 6.07) is 14.2. The molecule has 9 nitrogen and oxygen atoms in total. The fourth-order valence-electron chi connectivity index (χ4n) is 5.24. The standard InChI is InChI=1S/C28H35FN6O3S/c29-21-3-5-22(6-4-21)31-27-15-16-30-28(33-27)32-23-7-13-26(14-8-23)39(37,38)35(20-19-34-17-1-2-18-34)24-9-11-25(36)12-10-24/h3-8,13-16,24-25,36H,1-2,9-12,17-20H2,(H2,30,31,32,33)/t24-,25-. The van der Waals surface area contributed by atoms with E-state index < -0.39 is 10.0 Å². The van der Waals surface area contributed by atoms with Gasteiger partial charge in [0.2, 0.25) is 16.0 Å². The van der Waals surface area contributed by atoms with Crippen molar-refractivity contribution in [2.24, 2.45) is 0 Å². The molecule has 1 aliphatic carbocycles. The Morgan fingerprint density at radius 1 is 0.923 bits per heavy atom. The van der Waals surface area contributed by atoms with Crippen molar-refractivity contribution in [3.05, 3.63) is 66.6 Å². The Morgan fingerprint density at radius 2 is 1.56 bits per heavy atom. The maximum Gasteiger partial charge on any atom is 0.243 e. The van der Waals surface area contributed by atoms with Crippen molar-refractivity contribution in [3.63, 3.8) is 0 Å². The Hall–Kier alpha value is -3.12. The molecule has 2 aliphatic rings. The molecule has 0 atom stereocenters. The molecule has 39 heavy (non-hydrogen) atoms. The van der Waals surface area contributed by atoms with Gasteiger partial charge in [0.25, 0.3) is 0 Å².